The van der Waals surface area contributed by atoms with Gasteiger partial charge < -0.3 is 14.6 Å². The van der Waals surface area contributed by atoms with E-state index in [4.69, 9.17) is 14.4 Å². The molecule has 6 aromatic rings. The number of anilines is 1. The molecule has 0 saturated carbocycles. The normalized spacial score (nSPS) is 18.0. The first-order chi connectivity index (χ1) is 23.4. The highest BCUT2D eigenvalue weighted by Gasteiger charge is 2.45. The molecule has 1 saturated heterocycles. The highest BCUT2D eigenvalue weighted by Crippen LogP contribution is 2.50. The lowest BCUT2D eigenvalue weighted by atomic mass is 9.93. The second-order valence-electron chi connectivity index (χ2n) is 12.5. The molecule has 2 aromatic carbocycles. The minimum absolute atomic E-state index is 0.0184. The number of rotatable bonds is 7. The number of halogens is 2. The first kappa shape index (κ1) is 29.0. The van der Waals surface area contributed by atoms with Crippen molar-refractivity contribution in [2.75, 3.05) is 11.9 Å². The molecular formula is C36H28F2N6O3S. The van der Waals surface area contributed by atoms with Gasteiger partial charge in [0.2, 0.25) is 0 Å². The molecule has 0 radical (unpaired) electrons. The summed E-state index contributed by atoms with van der Waals surface area (Å²) in [7, 11) is 0. The number of amides is 1. The maximum Gasteiger partial charge on any atom is 0.434 e. The standard InChI is InChI=1S/C36H28F2N6O3S/c37-21-7-3-18(4-8-21)5-11-25-28(34-42-43-36(46)47-34)29(30-31(40-25)26-2-1-15-44(26)35(30)45)27-17-20-13-14-39-33(32(20)48-27)41-24-12-6-19-16-22(38)9-10-23(19)24/h3-4,7-10,13-14,16-17,24,26H,1-2,5-6,11-12,15H2,(H,39,41)(H,43,46). The number of carbonyl (C=O) groups is 1. The summed E-state index contributed by atoms with van der Waals surface area (Å²) in [6.07, 6.45) is 6.05. The lowest BCUT2D eigenvalue weighted by molar-refractivity contribution is 0.0776. The number of aromatic nitrogens is 4. The third kappa shape index (κ3) is 4.73. The zero-order valence-corrected chi connectivity index (χ0v) is 26.4. The van der Waals surface area contributed by atoms with Crippen molar-refractivity contribution in [2.45, 2.75) is 50.6 Å². The number of carbonyl (C=O) groups excluding carboxylic acids is 1. The lowest BCUT2D eigenvalue weighted by Gasteiger charge is -2.16. The van der Waals surface area contributed by atoms with Crippen LogP contribution in [0.1, 0.15) is 69.8 Å². The summed E-state index contributed by atoms with van der Waals surface area (Å²) in [5.41, 5.74) is 5.99. The van der Waals surface area contributed by atoms with Crippen LogP contribution in [0.4, 0.5) is 14.6 Å². The molecule has 1 fully saturated rings. The largest absolute Gasteiger partial charge is 0.434 e. The molecule has 240 valence electrons. The molecule has 6 heterocycles. The maximum atomic E-state index is 14.1. The Balaban J connectivity index is 1.21. The Morgan fingerprint density at radius 2 is 1.83 bits per heavy atom. The summed E-state index contributed by atoms with van der Waals surface area (Å²) < 4.78 is 34.1. The van der Waals surface area contributed by atoms with E-state index >= 15 is 0 Å². The maximum absolute atomic E-state index is 14.1. The molecule has 4 aromatic heterocycles. The molecule has 2 aliphatic heterocycles. The third-order valence-corrected chi connectivity index (χ3v) is 10.9. The van der Waals surface area contributed by atoms with Crippen LogP contribution in [0.5, 0.6) is 0 Å². The van der Waals surface area contributed by atoms with Crippen LogP contribution in [0.25, 0.3) is 32.0 Å². The van der Waals surface area contributed by atoms with Crippen molar-refractivity contribution in [3.8, 4) is 21.9 Å². The van der Waals surface area contributed by atoms with Crippen LogP contribution in [0, 0.1) is 11.6 Å². The number of fused-ring (bicyclic) bond motifs is 5. The average molecular weight is 663 g/mol. The molecule has 9 nitrogen and oxygen atoms in total. The number of aromatic amines is 1. The van der Waals surface area contributed by atoms with Crippen molar-refractivity contribution in [1.82, 2.24) is 25.1 Å². The van der Waals surface area contributed by atoms with Crippen molar-refractivity contribution in [3.05, 3.63) is 117 Å². The molecule has 1 amide bonds. The molecule has 2 unspecified atom stereocenters. The first-order valence-corrected chi connectivity index (χ1v) is 16.8. The van der Waals surface area contributed by atoms with E-state index < -0.39 is 5.76 Å². The number of aryl methyl sites for hydroxylation is 3. The summed E-state index contributed by atoms with van der Waals surface area (Å²) in [5.74, 6) is -0.594. The number of hydrogen-bond acceptors (Lipinski definition) is 8. The van der Waals surface area contributed by atoms with Crippen LogP contribution in [0.2, 0.25) is 0 Å². The minimum Gasteiger partial charge on any atom is -0.388 e. The fourth-order valence-corrected chi connectivity index (χ4v) is 8.72. The zero-order valence-electron chi connectivity index (χ0n) is 25.6. The van der Waals surface area contributed by atoms with Gasteiger partial charge in [0.15, 0.2) is 0 Å². The quantitative estimate of drug-likeness (QED) is 0.186. The van der Waals surface area contributed by atoms with Gasteiger partial charge in [0.05, 0.1) is 39.3 Å². The van der Waals surface area contributed by atoms with Crippen LogP contribution in [-0.4, -0.2) is 37.5 Å². The smallest absolute Gasteiger partial charge is 0.388 e. The Morgan fingerprint density at radius 1 is 0.979 bits per heavy atom. The minimum atomic E-state index is -0.711. The first-order valence-electron chi connectivity index (χ1n) is 16.0. The topological polar surface area (TPSA) is 117 Å². The molecular weight excluding hydrogens is 634 g/mol. The van der Waals surface area contributed by atoms with E-state index in [-0.39, 0.29) is 35.5 Å². The highest BCUT2D eigenvalue weighted by atomic mass is 32.1. The molecule has 2 N–H and O–H groups in total. The van der Waals surface area contributed by atoms with Gasteiger partial charge in [-0.05, 0) is 97.0 Å². The number of benzene rings is 2. The van der Waals surface area contributed by atoms with Crippen LogP contribution in [-0.2, 0) is 19.3 Å². The van der Waals surface area contributed by atoms with E-state index in [1.54, 1.807) is 24.4 Å². The van der Waals surface area contributed by atoms with Crippen molar-refractivity contribution in [3.63, 3.8) is 0 Å². The second kappa shape index (κ2) is 11.2. The van der Waals surface area contributed by atoms with Crippen LogP contribution in [0.3, 0.4) is 0 Å². The fourth-order valence-electron chi connectivity index (χ4n) is 7.55. The summed E-state index contributed by atoms with van der Waals surface area (Å²) in [4.78, 5) is 38.9. The predicted octanol–water partition coefficient (Wildman–Crippen LogP) is 7.16. The molecule has 2 atom stereocenters. The van der Waals surface area contributed by atoms with Crippen molar-refractivity contribution < 1.29 is 18.0 Å². The van der Waals surface area contributed by atoms with E-state index in [1.165, 1.54) is 29.5 Å². The van der Waals surface area contributed by atoms with Gasteiger partial charge in [-0.2, -0.15) is 0 Å². The Labute approximate surface area is 276 Å². The number of pyridine rings is 2. The van der Waals surface area contributed by atoms with Gasteiger partial charge in [0, 0.05) is 23.2 Å². The summed E-state index contributed by atoms with van der Waals surface area (Å²) in [6, 6.07) is 15.1. The van der Waals surface area contributed by atoms with Gasteiger partial charge in [0.25, 0.3) is 11.8 Å². The van der Waals surface area contributed by atoms with E-state index in [0.29, 0.717) is 47.6 Å². The van der Waals surface area contributed by atoms with Crippen molar-refractivity contribution in [1.29, 1.82) is 0 Å². The van der Waals surface area contributed by atoms with Gasteiger partial charge in [-0.15, -0.1) is 16.4 Å². The van der Waals surface area contributed by atoms with Gasteiger partial charge in [0.1, 0.15) is 17.5 Å². The zero-order chi connectivity index (χ0) is 32.5. The molecule has 48 heavy (non-hydrogen) atoms. The lowest BCUT2D eigenvalue weighted by Crippen LogP contribution is -2.22. The molecule has 3 aliphatic rings. The number of H-pyrrole nitrogens is 1. The number of nitrogens with one attached hydrogen (secondary N) is 2. The Bertz CT molecular complexity index is 2310. The number of thiophene rings is 1. The van der Waals surface area contributed by atoms with Crippen LogP contribution >= 0.6 is 11.3 Å². The van der Waals surface area contributed by atoms with Crippen molar-refractivity contribution >= 4 is 33.1 Å². The van der Waals surface area contributed by atoms with Crippen LogP contribution < -0.4 is 11.1 Å². The summed E-state index contributed by atoms with van der Waals surface area (Å²) >= 11 is 1.50. The molecule has 9 rings (SSSR count). The van der Waals surface area contributed by atoms with Crippen molar-refractivity contribution in [2.24, 2.45) is 0 Å². The Hall–Kier alpha value is -5.23. The molecule has 12 heteroatoms. The highest BCUT2D eigenvalue weighted by molar-refractivity contribution is 7.23. The van der Waals surface area contributed by atoms with E-state index in [2.05, 4.69) is 15.5 Å². The van der Waals surface area contributed by atoms with Gasteiger partial charge in [-0.25, -0.2) is 23.7 Å². The average Bonchev–Trinajstić information content (AvgIpc) is 3.92. The predicted molar refractivity (Wildman–Crippen MR) is 177 cm³/mol. The van der Waals surface area contributed by atoms with Gasteiger partial charge in [-0.1, -0.05) is 18.2 Å². The second-order valence-corrected chi connectivity index (χ2v) is 13.6. The van der Waals surface area contributed by atoms with E-state index in [0.717, 1.165) is 63.0 Å². The monoisotopic (exact) mass is 662 g/mol. The molecule has 0 spiro atoms. The Kier molecular flexibility index (Phi) is 6.75. The fraction of sp³-hybridized carbons (Fsp3) is 0.250. The summed E-state index contributed by atoms with van der Waals surface area (Å²) in [6.45, 7) is 0.647. The van der Waals surface area contributed by atoms with E-state index in [1.807, 2.05) is 23.1 Å². The molecule has 0 bridgehead atoms. The Morgan fingerprint density at radius 3 is 2.67 bits per heavy atom. The number of nitrogens with zero attached hydrogens (tertiary/aromatic N) is 4. The molecule has 1 aliphatic carbocycles. The van der Waals surface area contributed by atoms with Crippen LogP contribution in [0.15, 0.2) is 70.0 Å². The van der Waals surface area contributed by atoms with E-state index in [9.17, 15) is 18.4 Å². The summed E-state index contributed by atoms with van der Waals surface area (Å²) in [5, 5.41) is 11.1. The third-order valence-electron chi connectivity index (χ3n) is 9.73. The van der Waals surface area contributed by atoms with Gasteiger partial charge in [-0.3, -0.25) is 9.78 Å². The SMILES string of the molecule is O=C1c2c(nc(CCc3ccc(F)cc3)c(-c3n[nH]c(=O)o3)c2-c2cc3ccnc(NC4CCc5cc(F)ccc54)c3s2)C2CCCN12. The number of hydrogen-bond donors (Lipinski definition) is 2. The van der Waals surface area contributed by atoms with Gasteiger partial charge >= 0.3 is 5.76 Å².